The van der Waals surface area contributed by atoms with Crippen molar-refractivity contribution in [3.8, 4) is 0 Å². The third-order valence-electron chi connectivity index (χ3n) is 4.65. The van der Waals surface area contributed by atoms with E-state index in [0.29, 0.717) is 6.61 Å². The van der Waals surface area contributed by atoms with Gasteiger partial charge >= 0.3 is 11.9 Å². The Morgan fingerprint density at radius 1 is 1.38 bits per heavy atom. The van der Waals surface area contributed by atoms with Crippen LogP contribution in [0.25, 0.3) is 0 Å². The first-order valence-electron chi connectivity index (χ1n) is 8.72. The second-order valence-corrected chi connectivity index (χ2v) is 9.31. The van der Waals surface area contributed by atoms with Crippen molar-refractivity contribution in [1.29, 1.82) is 0 Å². The van der Waals surface area contributed by atoms with Gasteiger partial charge in [0.15, 0.2) is 6.61 Å². The van der Waals surface area contributed by atoms with Gasteiger partial charge in [0.1, 0.15) is 0 Å². The molecule has 0 aromatic rings. The Morgan fingerprint density at radius 3 is 2.58 bits per heavy atom. The molecule has 0 radical (unpaired) electrons. The number of hydrogen-bond donors (Lipinski definition) is 1. The molecule has 2 rings (SSSR count). The molecule has 0 spiro atoms. The lowest BCUT2D eigenvalue weighted by Crippen LogP contribution is -2.77. The van der Waals surface area contributed by atoms with Crippen LogP contribution >= 0.6 is 0 Å². The first-order valence-corrected chi connectivity index (χ1v) is 10.6. The lowest BCUT2D eigenvalue weighted by atomic mass is 10.0. The number of unbranched alkanes of at least 4 members (excludes halogenated alkanes) is 1. The van der Waals surface area contributed by atoms with Crippen molar-refractivity contribution < 1.29 is 32.3 Å². The fourth-order valence-electron chi connectivity index (χ4n) is 3.32. The Labute approximate surface area is 154 Å². The number of nitrogens with one attached hydrogen (secondary N) is 1. The van der Waals surface area contributed by atoms with Crippen LogP contribution in [0.2, 0.25) is 0 Å². The van der Waals surface area contributed by atoms with E-state index in [0.717, 1.165) is 19.1 Å². The summed E-state index contributed by atoms with van der Waals surface area (Å²) in [4.78, 5) is 29.6. The highest BCUT2D eigenvalue weighted by Gasteiger charge is 2.58. The van der Waals surface area contributed by atoms with Gasteiger partial charge in [0.25, 0.3) is 0 Å². The Morgan fingerprint density at radius 2 is 2.08 bits per heavy atom. The molecular weight excluding hydrogens is 364 g/mol. The summed E-state index contributed by atoms with van der Waals surface area (Å²) in [6.45, 7) is 6.49. The molecule has 1 N–H and O–H groups in total. The van der Waals surface area contributed by atoms with Gasteiger partial charge in [-0.25, -0.2) is 18.0 Å². The highest BCUT2D eigenvalue weighted by molar-refractivity contribution is 7.88. The van der Waals surface area contributed by atoms with Gasteiger partial charge in [-0.05, 0) is 20.3 Å². The molecule has 150 valence electrons. The summed E-state index contributed by atoms with van der Waals surface area (Å²) in [5.41, 5.74) is 1.85. The maximum Gasteiger partial charge on any atom is 0.389 e. The second kappa shape index (κ2) is 7.87. The second-order valence-electron chi connectivity index (χ2n) is 7.32. The van der Waals surface area contributed by atoms with E-state index in [2.05, 4.69) is 5.59 Å². The van der Waals surface area contributed by atoms with Gasteiger partial charge in [-0.1, -0.05) is 18.0 Å². The summed E-state index contributed by atoms with van der Waals surface area (Å²) < 4.78 is 30.1. The van der Waals surface area contributed by atoms with Gasteiger partial charge < -0.3 is 9.57 Å². The predicted molar refractivity (Wildman–Crippen MR) is 92.3 cm³/mol. The predicted octanol–water partition coefficient (Wildman–Crippen LogP) is -0.606. The smallest absolute Gasteiger partial charge is 0.367 e. The fourth-order valence-corrected chi connectivity index (χ4v) is 4.28. The summed E-state index contributed by atoms with van der Waals surface area (Å²) >= 11 is 0. The average Bonchev–Trinajstić information content (AvgIpc) is 2.92. The molecule has 0 saturated carbocycles. The quantitative estimate of drug-likeness (QED) is 0.451. The Bertz CT molecular complexity index is 653. The highest BCUT2D eigenvalue weighted by Crippen LogP contribution is 2.30. The van der Waals surface area contributed by atoms with E-state index in [1.807, 2.05) is 20.8 Å². The van der Waals surface area contributed by atoms with Crippen LogP contribution in [0.3, 0.4) is 0 Å². The normalized spacial score (nSPS) is 27.5. The molecule has 26 heavy (non-hydrogen) atoms. The van der Waals surface area contributed by atoms with Crippen LogP contribution in [0.1, 0.15) is 33.6 Å². The monoisotopic (exact) mass is 393 g/mol. The largest absolute Gasteiger partial charge is 0.389 e. The molecule has 0 aliphatic carbocycles. The molecule has 10 nitrogen and oxygen atoms in total. The van der Waals surface area contributed by atoms with Crippen molar-refractivity contribution in [2.45, 2.75) is 39.2 Å². The van der Waals surface area contributed by atoms with E-state index < -0.39 is 26.2 Å². The first-order chi connectivity index (χ1) is 12.0. The molecule has 2 saturated heterocycles. The Balaban J connectivity index is 2.21. The summed E-state index contributed by atoms with van der Waals surface area (Å²) in [5.74, 6) is -0.902. The number of rotatable bonds is 7. The number of amides is 1. The van der Waals surface area contributed by atoms with Crippen molar-refractivity contribution in [2.75, 3.05) is 45.6 Å². The van der Waals surface area contributed by atoms with Crippen LogP contribution in [0.4, 0.5) is 0 Å². The maximum atomic E-state index is 12.9. The average molecular weight is 393 g/mol. The van der Waals surface area contributed by atoms with Crippen LogP contribution in [0.15, 0.2) is 0 Å². The van der Waals surface area contributed by atoms with Crippen molar-refractivity contribution >= 4 is 21.9 Å². The molecule has 1 atom stereocenters. The van der Waals surface area contributed by atoms with Gasteiger partial charge in [-0.3, -0.25) is 0 Å². The van der Waals surface area contributed by atoms with Crippen molar-refractivity contribution in [2.24, 2.45) is 0 Å². The molecule has 0 aromatic heterocycles. The minimum absolute atomic E-state index is 0.161. The molecule has 11 heteroatoms. The van der Waals surface area contributed by atoms with Crippen LogP contribution in [0.5, 0.6) is 0 Å². The van der Waals surface area contributed by atoms with E-state index >= 15 is 0 Å². The van der Waals surface area contributed by atoms with E-state index in [9.17, 15) is 18.0 Å². The number of piperazine rings is 1. The van der Waals surface area contributed by atoms with Crippen molar-refractivity contribution in [1.82, 2.24) is 14.9 Å². The molecule has 2 aliphatic heterocycles. The molecular formula is C15H29N4O6S+. The summed E-state index contributed by atoms with van der Waals surface area (Å²) in [6, 6.07) is 0. The standard InChI is InChI=1S/C15H29N4O6S/c1-5-6-9-24-11-13(20)19(10-14(21)25-16-19)18-8-7-17(26(4,22)23)12-15(18,2)3/h16H,5-12H2,1-4H3/q+1. The van der Waals surface area contributed by atoms with Crippen LogP contribution in [-0.2, 0) is 29.2 Å². The molecule has 1 amide bonds. The van der Waals surface area contributed by atoms with Crippen LogP contribution < -0.4 is 5.59 Å². The third kappa shape index (κ3) is 4.41. The van der Waals surface area contributed by atoms with Crippen LogP contribution in [-0.4, -0.2) is 85.5 Å². The van der Waals surface area contributed by atoms with Gasteiger partial charge in [0.05, 0.1) is 18.3 Å². The number of hydrogen-bond acceptors (Lipinski definition) is 8. The minimum atomic E-state index is -3.34. The van der Waals surface area contributed by atoms with Crippen molar-refractivity contribution in [3.63, 3.8) is 0 Å². The zero-order chi connectivity index (χ0) is 19.6. The van der Waals surface area contributed by atoms with Gasteiger partial charge in [-0.2, -0.15) is 4.31 Å². The van der Waals surface area contributed by atoms with Crippen molar-refractivity contribution in [3.05, 3.63) is 0 Å². The molecule has 0 aromatic carbocycles. The molecule has 2 fully saturated rings. The zero-order valence-corrected chi connectivity index (χ0v) is 16.7. The Hall–Kier alpha value is -1.11. The number of sulfonamides is 1. The topological polar surface area (TPSA) is 105 Å². The minimum Gasteiger partial charge on any atom is -0.367 e. The van der Waals surface area contributed by atoms with Crippen LogP contribution in [0, 0.1) is 0 Å². The SMILES string of the molecule is CCCCOCC(=O)[N+]1(N2CCN(S(C)(=O)=O)CC2(C)C)CC(=O)ON1. The highest BCUT2D eigenvalue weighted by atomic mass is 32.2. The zero-order valence-electron chi connectivity index (χ0n) is 15.9. The number of ether oxygens (including phenoxy) is 1. The Kier molecular flexibility index (Phi) is 6.41. The van der Waals surface area contributed by atoms with Gasteiger partial charge in [-0.15, -0.1) is 5.01 Å². The number of quaternary nitrogens is 1. The number of nitrogens with zero attached hydrogens (tertiary/aromatic N) is 3. The third-order valence-corrected chi connectivity index (χ3v) is 5.90. The van der Waals surface area contributed by atoms with Gasteiger partial charge in [0, 0.05) is 25.3 Å². The molecule has 1 unspecified atom stereocenters. The van der Waals surface area contributed by atoms with E-state index in [-0.39, 0.29) is 38.7 Å². The lowest BCUT2D eigenvalue weighted by Gasteiger charge is -2.49. The maximum absolute atomic E-state index is 12.9. The fraction of sp³-hybridized carbons (Fsp3) is 0.867. The number of carbonyl (C=O) groups is 2. The molecule has 2 heterocycles. The molecule has 0 bridgehead atoms. The molecule has 2 aliphatic rings. The van der Waals surface area contributed by atoms with Gasteiger partial charge in [0.2, 0.25) is 16.6 Å². The lowest BCUT2D eigenvalue weighted by molar-refractivity contribution is -1.02. The summed E-state index contributed by atoms with van der Waals surface area (Å²) in [6.07, 6.45) is 2.96. The first kappa shape index (κ1) is 21.2. The summed E-state index contributed by atoms with van der Waals surface area (Å²) in [5, 5.41) is 1.77. The number of carbonyl (C=O) groups excluding carboxylic acids is 2. The van der Waals surface area contributed by atoms with E-state index in [1.165, 1.54) is 4.31 Å². The van der Waals surface area contributed by atoms with E-state index in [4.69, 9.17) is 9.57 Å². The van der Waals surface area contributed by atoms with E-state index in [1.54, 1.807) is 5.01 Å². The summed E-state index contributed by atoms with van der Waals surface area (Å²) in [7, 11) is -3.34.